The third kappa shape index (κ3) is 4.91. The number of aryl methyl sites for hydroxylation is 1. The monoisotopic (exact) mass is 334 g/mol. The lowest BCUT2D eigenvalue weighted by molar-refractivity contribution is -0.116. The van der Waals surface area contributed by atoms with Crippen molar-refractivity contribution in [1.82, 2.24) is 0 Å². The predicted octanol–water partition coefficient (Wildman–Crippen LogP) is 5.14. The molecule has 0 unspecified atom stereocenters. The molecular weight excluding hydrogens is 315 g/mol. The van der Waals surface area contributed by atoms with Crippen molar-refractivity contribution in [3.05, 3.63) is 90.2 Å². The van der Waals surface area contributed by atoms with Crippen molar-refractivity contribution >= 4 is 23.0 Å². The van der Waals surface area contributed by atoms with Gasteiger partial charge in [0.15, 0.2) is 0 Å². The fourth-order valence-electron chi connectivity index (χ4n) is 2.50. The molecule has 0 bridgehead atoms. The highest BCUT2D eigenvalue weighted by molar-refractivity contribution is 5.91. The number of benzene rings is 3. The summed E-state index contributed by atoms with van der Waals surface area (Å²) in [5, 5.41) is 6.12. The van der Waals surface area contributed by atoms with E-state index in [-0.39, 0.29) is 18.1 Å². The minimum absolute atomic E-state index is 0.132. The summed E-state index contributed by atoms with van der Waals surface area (Å²) < 4.78 is 13.6. The molecular formula is C21H19FN2O. The molecule has 0 aliphatic rings. The smallest absolute Gasteiger partial charge is 0.224 e. The quantitative estimate of drug-likeness (QED) is 0.655. The first-order valence-electron chi connectivity index (χ1n) is 8.16. The molecule has 2 N–H and O–H groups in total. The summed E-state index contributed by atoms with van der Waals surface area (Å²) >= 11 is 0. The van der Waals surface area contributed by atoms with Gasteiger partial charge in [0.2, 0.25) is 5.91 Å². The largest absolute Gasteiger partial charge is 0.356 e. The van der Waals surface area contributed by atoms with Crippen LogP contribution in [0.3, 0.4) is 0 Å². The van der Waals surface area contributed by atoms with Crippen molar-refractivity contribution in [2.24, 2.45) is 0 Å². The Morgan fingerprint density at radius 1 is 0.760 bits per heavy atom. The molecule has 3 nitrogen and oxygen atoms in total. The van der Waals surface area contributed by atoms with E-state index in [1.54, 1.807) is 18.2 Å². The fourth-order valence-corrected chi connectivity index (χ4v) is 2.50. The van der Waals surface area contributed by atoms with Gasteiger partial charge in [-0.25, -0.2) is 4.39 Å². The van der Waals surface area contributed by atoms with Gasteiger partial charge in [0, 0.05) is 23.5 Å². The maximum absolute atomic E-state index is 13.6. The van der Waals surface area contributed by atoms with Crippen LogP contribution in [0.25, 0.3) is 0 Å². The number of nitrogens with one attached hydrogen (secondary N) is 2. The third-order valence-electron chi connectivity index (χ3n) is 3.81. The Morgan fingerprint density at radius 3 is 2.08 bits per heavy atom. The van der Waals surface area contributed by atoms with Crippen LogP contribution in [0.4, 0.5) is 21.5 Å². The van der Waals surface area contributed by atoms with Crippen molar-refractivity contribution in [2.75, 3.05) is 10.6 Å². The number of hydrogen-bond donors (Lipinski definition) is 2. The summed E-state index contributed by atoms with van der Waals surface area (Å²) in [4.78, 5) is 12.0. The molecule has 3 aromatic carbocycles. The number of halogens is 1. The van der Waals surface area contributed by atoms with Crippen molar-refractivity contribution in [1.29, 1.82) is 0 Å². The van der Waals surface area contributed by atoms with Crippen molar-refractivity contribution in [3.63, 3.8) is 0 Å². The van der Waals surface area contributed by atoms with Gasteiger partial charge in [0.05, 0.1) is 0 Å². The summed E-state index contributed by atoms with van der Waals surface area (Å²) in [6, 6.07) is 23.9. The second-order valence-electron chi connectivity index (χ2n) is 5.71. The minimum Gasteiger partial charge on any atom is -0.356 e. The third-order valence-corrected chi connectivity index (χ3v) is 3.81. The van der Waals surface area contributed by atoms with Gasteiger partial charge >= 0.3 is 0 Å². The van der Waals surface area contributed by atoms with Crippen molar-refractivity contribution in [3.8, 4) is 0 Å². The molecule has 0 aliphatic heterocycles. The molecule has 0 saturated heterocycles. The topological polar surface area (TPSA) is 41.1 Å². The average molecular weight is 334 g/mol. The maximum Gasteiger partial charge on any atom is 0.224 e. The number of anilines is 3. The molecule has 1 amide bonds. The van der Waals surface area contributed by atoms with Crippen LogP contribution in [-0.2, 0) is 11.2 Å². The number of para-hydroxylation sites is 1. The van der Waals surface area contributed by atoms with Crippen LogP contribution in [0.15, 0.2) is 78.9 Å². The normalized spacial score (nSPS) is 10.3. The maximum atomic E-state index is 13.6. The molecule has 3 rings (SSSR count). The number of rotatable bonds is 6. The van der Waals surface area contributed by atoms with Gasteiger partial charge in [-0.15, -0.1) is 0 Å². The molecule has 0 fully saturated rings. The molecule has 0 aromatic heterocycles. The Balaban J connectivity index is 1.52. The zero-order valence-corrected chi connectivity index (χ0v) is 13.7. The zero-order valence-electron chi connectivity index (χ0n) is 13.7. The van der Waals surface area contributed by atoms with E-state index < -0.39 is 0 Å². The van der Waals surface area contributed by atoms with E-state index in [1.165, 1.54) is 6.07 Å². The Labute approximate surface area is 146 Å². The van der Waals surface area contributed by atoms with Crippen LogP contribution < -0.4 is 10.6 Å². The Hall–Kier alpha value is -3.14. The minimum atomic E-state index is -0.272. The summed E-state index contributed by atoms with van der Waals surface area (Å²) in [7, 11) is 0. The Bertz CT molecular complexity index is 832. The lowest BCUT2D eigenvalue weighted by Gasteiger charge is -2.09. The number of carbonyl (C=O) groups excluding carboxylic acids is 1. The summed E-state index contributed by atoms with van der Waals surface area (Å²) in [5.74, 6) is -0.404. The summed E-state index contributed by atoms with van der Waals surface area (Å²) in [6.45, 7) is 0. The zero-order chi connectivity index (χ0) is 17.5. The SMILES string of the molecule is O=C(CCc1ccccc1F)Nc1ccc(Nc2ccccc2)cc1. The number of carbonyl (C=O) groups is 1. The molecule has 0 aliphatic carbocycles. The van der Waals surface area contributed by atoms with E-state index in [2.05, 4.69) is 10.6 Å². The van der Waals surface area contributed by atoms with Gasteiger partial charge in [-0.2, -0.15) is 0 Å². The lowest BCUT2D eigenvalue weighted by Crippen LogP contribution is -2.12. The van der Waals surface area contributed by atoms with E-state index in [4.69, 9.17) is 0 Å². The molecule has 0 heterocycles. The van der Waals surface area contributed by atoms with Gasteiger partial charge in [-0.1, -0.05) is 36.4 Å². The van der Waals surface area contributed by atoms with Gasteiger partial charge in [-0.3, -0.25) is 4.79 Å². The predicted molar refractivity (Wildman–Crippen MR) is 99.5 cm³/mol. The Kier molecular flexibility index (Phi) is 5.42. The van der Waals surface area contributed by atoms with Gasteiger partial charge in [-0.05, 0) is 54.4 Å². The molecule has 3 aromatic rings. The molecule has 0 saturated carbocycles. The summed E-state index contributed by atoms with van der Waals surface area (Å²) in [5.41, 5.74) is 3.22. The molecule has 25 heavy (non-hydrogen) atoms. The van der Waals surface area contributed by atoms with Gasteiger partial charge in [0.25, 0.3) is 0 Å². The first-order valence-corrected chi connectivity index (χ1v) is 8.16. The highest BCUT2D eigenvalue weighted by Crippen LogP contribution is 2.19. The van der Waals surface area contributed by atoms with Crippen molar-refractivity contribution < 1.29 is 9.18 Å². The van der Waals surface area contributed by atoms with E-state index in [0.29, 0.717) is 12.0 Å². The van der Waals surface area contributed by atoms with Crippen LogP contribution in [0.2, 0.25) is 0 Å². The van der Waals surface area contributed by atoms with Crippen LogP contribution in [0, 0.1) is 5.82 Å². The second kappa shape index (κ2) is 8.11. The van der Waals surface area contributed by atoms with Crippen LogP contribution >= 0.6 is 0 Å². The highest BCUT2D eigenvalue weighted by atomic mass is 19.1. The molecule has 0 atom stereocenters. The number of hydrogen-bond acceptors (Lipinski definition) is 2. The molecule has 0 radical (unpaired) electrons. The first-order chi connectivity index (χ1) is 12.2. The lowest BCUT2D eigenvalue weighted by atomic mass is 10.1. The van der Waals surface area contributed by atoms with Crippen molar-refractivity contribution in [2.45, 2.75) is 12.8 Å². The average Bonchev–Trinajstić information content (AvgIpc) is 2.64. The van der Waals surface area contributed by atoms with Gasteiger partial charge < -0.3 is 10.6 Å². The van der Waals surface area contributed by atoms with Crippen LogP contribution in [0.5, 0.6) is 0 Å². The summed E-state index contributed by atoms with van der Waals surface area (Å²) in [6.07, 6.45) is 0.622. The fraction of sp³-hybridized carbons (Fsp3) is 0.0952. The Morgan fingerprint density at radius 2 is 1.36 bits per heavy atom. The highest BCUT2D eigenvalue weighted by Gasteiger charge is 2.06. The van der Waals surface area contributed by atoms with Crippen LogP contribution in [0.1, 0.15) is 12.0 Å². The number of amides is 1. The molecule has 4 heteroatoms. The van der Waals surface area contributed by atoms with Crippen LogP contribution in [-0.4, -0.2) is 5.91 Å². The van der Waals surface area contributed by atoms with Gasteiger partial charge in [0.1, 0.15) is 5.82 Å². The molecule has 126 valence electrons. The standard InChI is InChI=1S/C21H19FN2O/c22-20-9-5-4-6-16(20)10-15-21(25)24-19-13-11-18(12-14-19)23-17-7-2-1-3-8-17/h1-9,11-14,23H,10,15H2,(H,24,25). The van der Waals surface area contributed by atoms with E-state index in [9.17, 15) is 9.18 Å². The molecule has 0 spiro atoms. The van der Waals surface area contributed by atoms with E-state index in [0.717, 1.165) is 17.1 Å². The van der Waals surface area contributed by atoms with E-state index >= 15 is 0 Å². The first kappa shape index (κ1) is 16.7. The van der Waals surface area contributed by atoms with E-state index in [1.807, 2.05) is 54.6 Å². The second-order valence-corrected chi connectivity index (χ2v) is 5.71.